The summed E-state index contributed by atoms with van der Waals surface area (Å²) in [6.07, 6.45) is 1.94. The summed E-state index contributed by atoms with van der Waals surface area (Å²) in [6, 6.07) is 0. The van der Waals surface area contributed by atoms with Gasteiger partial charge in [0.25, 0.3) is 0 Å². The SMILES string of the molecule is C=CCSCCNCc1csc(C(C)C)n1. The quantitative estimate of drug-likeness (QED) is 0.571. The molecule has 2 nitrogen and oxygen atoms in total. The van der Waals surface area contributed by atoms with Crippen molar-refractivity contribution >= 4 is 23.1 Å². The third-order valence-corrected chi connectivity index (χ3v) is 4.19. The summed E-state index contributed by atoms with van der Waals surface area (Å²) >= 11 is 3.66. The highest BCUT2D eigenvalue weighted by Crippen LogP contribution is 2.18. The first-order chi connectivity index (χ1) is 7.74. The summed E-state index contributed by atoms with van der Waals surface area (Å²) in [5.74, 6) is 2.71. The summed E-state index contributed by atoms with van der Waals surface area (Å²) in [7, 11) is 0. The van der Waals surface area contributed by atoms with Crippen LogP contribution in [0.1, 0.15) is 30.5 Å². The molecule has 16 heavy (non-hydrogen) atoms. The van der Waals surface area contributed by atoms with Gasteiger partial charge in [0.1, 0.15) is 0 Å². The van der Waals surface area contributed by atoms with Crippen molar-refractivity contribution in [2.75, 3.05) is 18.1 Å². The van der Waals surface area contributed by atoms with E-state index in [1.807, 2.05) is 17.8 Å². The summed E-state index contributed by atoms with van der Waals surface area (Å²) in [6.45, 7) is 9.98. The molecule has 0 bridgehead atoms. The van der Waals surface area contributed by atoms with Crippen molar-refractivity contribution in [1.82, 2.24) is 10.3 Å². The fourth-order valence-electron chi connectivity index (χ4n) is 1.20. The van der Waals surface area contributed by atoms with Gasteiger partial charge in [0.15, 0.2) is 0 Å². The molecule has 0 aliphatic heterocycles. The monoisotopic (exact) mass is 256 g/mol. The smallest absolute Gasteiger partial charge is 0.0954 e. The number of hydrogen-bond donors (Lipinski definition) is 1. The van der Waals surface area contributed by atoms with Gasteiger partial charge in [-0.05, 0) is 0 Å². The van der Waals surface area contributed by atoms with Crippen LogP contribution in [-0.4, -0.2) is 23.0 Å². The molecule has 0 radical (unpaired) electrons. The normalized spacial score (nSPS) is 10.9. The van der Waals surface area contributed by atoms with Crippen LogP contribution < -0.4 is 5.32 Å². The second kappa shape index (κ2) is 7.87. The largest absolute Gasteiger partial charge is 0.310 e. The van der Waals surface area contributed by atoms with E-state index in [9.17, 15) is 0 Å². The Morgan fingerprint density at radius 3 is 3.06 bits per heavy atom. The van der Waals surface area contributed by atoms with Crippen LogP contribution in [0.4, 0.5) is 0 Å². The molecule has 0 fully saturated rings. The summed E-state index contributed by atoms with van der Waals surface area (Å²) in [5, 5.41) is 6.79. The van der Waals surface area contributed by atoms with Crippen LogP contribution in [0.5, 0.6) is 0 Å². The van der Waals surface area contributed by atoms with E-state index in [2.05, 4.69) is 36.1 Å². The number of nitrogens with zero attached hydrogens (tertiary/aromatic N) is 1. The molecular formula is C12H20N2S2. The molecular weight excluding hydrogens is 236 g/mol. The van der Waals surface area contributed by atoms with E-state index in [1.54, 1.807) is 11.3 Å². The van der Waals surface area contributed by atoms with E-state index in [0.29, 0.717) is 5.92 Å². The fourth-order valence-corrected chi connectivity index (χ4v) is 2.65. The lowest BCUT2D eigenvalue weighted by Crippen LogP contribution is -2.16. The third-order valence-electron chi connectivity index (χ3n) is 2.03. The molecule has 0 saturated carbocycles. The fraction of sp³-hybridized carbons (Fsp3) is 0.583. The van der Waals surface area contributed by atoms with E-state index in [4.69, 9.17) is 0 Å². The van der Waals surface area contributed by atoms with Crippen LogP contribution in [-0.2, 0) is 6.54 Å². The van der Waals surface area contributed by atoms with E-state index in [1.165, 1.54) is 10.7 Å². The summed E-state index contributed by atoms with van der Waals surface area (Å²) < 4.78 is 0. The average molecular weight is 256 g/mol. The van der Waals surface area contributed by atoms with Crippen molar-refractivity contribution in [3.63, 3.8) is 0 Å². The van der Waals surface area contributed by atoms with Crippen LogP contribution in [0.3, 0.4) is 0 Å². The molecule has 1 aromatic heterocycles. The van der Waals surface area contributed by atoms with E-state index in [-0.39, 0.29) is 0 Å². The highest BCUT2D eigenvalue weighted by Gasteiger charge is 2.04. The topological polar surface area (TPSA) is 24.9 Å². The molecule has 1 heterocycles. The van der Waals surface area contributed by atoms with Gasteiger partial charge in [-0.15, -0.1) is 17.9 Å². The number of rotatable bonds is 8. The Morgan fingerprint density at radius 1 is 1.62 bits per heavy atom. The van der Waals surface area contributed by atoms with Crippen molar-refractivity contribution in [2.45, 2.75) is 26.3 Å². The van der Waals surface area contributed by atoms with Gasteiger partial charge in [0.2, 0.25) is 0 Å². The molecule has 0 spiro atoms. The summed E-state index contributed by atoms with van der Waals surface area (Å²) in [5.41, 5.74) is 1.17. The highest BCUT2D eigenvalue weighted by molar-refractivity contribution is 7.99. The van der Waals surface area contributed by atoms with Crippen molar-refractivity contribution in [3.05, 3.63) is 28.7 Å². The minimum atomic E-state index is 0.543. The molecule has 4 heteroatoms. The Hall–Kier alpha value is -0.320. The van der Waals surface area contributed by atoms with Gasteiger partial charge >= 0.3 is 0 Å². The Balaban J connectivity index is 2.14. The van der Waals surface area contributed by atoms with Crippen LogP contribution in [0.25, 0.3) is 0 Å². The van der Waals surface area contributed by atoms with Crippen LogP contribution in [0.15, 0.2) is 18.0 Å². The maximum atomic E-state index is 4.58. The van der Waals surface area contributed by atoms with Crippen LogP contribution >= 0.6 is 23.1 Å². The predicted octanol–water partition coefficient (Wildman–Crippen LogP) is 3.28. The van der Waals surface area contributed by atoms with Gasteiger partial charge in [-0.3, -0.25) is 0 Å². The molecule has 0 amide bonds. The molecule has 0 aliphatic carbocycles. The Morgan fingerprint density at radius 2 is 2.44 bits per heavy atom. The zero-order valence-electron chi connectivity index (χ0n) is 10.0. The number of thioether (sulfide) groups is 1. The number of aromatic nitrogens is 1. The zero-order valence-corrected chi connectivity index (χ0v) is 11.7. The first-order valence-corrected chi connectivity index (χ1v) is 7.61. The second-order valence-electron chi connectivity index (χ2n) is 3.87. The van der Waals surface area contributed by atoms with E-state index < -0.39 is 0 Å². The third kappa shape index (κ3) is 5.14. The summed E-state index contributed by atoms with van der Waals surface area (Å²) in [4.78, 5) is 4.58. The maximum Gasteiger partial charge on any atom is 0.0954 e. The van der Waals surface area contributed by atoms with E-state index >= 15 is 0 Å². The number of nitrogens with one attached hydrogen (secondary N) is 1. The van der Waals surface area contributed by atoms with E-state index in [0.717, 1.165) is 24.6 Å². The maximum absolute atomic E-state index is 4.58. The lowest BCUT2D eigenvalue weighted by atomic mass is 10.2. The minimum Gasteiger partial charge on any atom is -0.310 e. The van der Waals surface area contributed by atoms with Gasteiger partial charge in [-0.2, -0.15) is 11.8 Å². The number of hydrogen-bond acceptors (Lipinski definition) is 4. The van der Waals surface area contributed by atoms with Crippen LogP contribution in [0.2, 0.25) is 0 Å². The molecule has 0 aromatic carbocycles. The van der Waals surface area contributed by atoms with Crippen molar-refractivity contribution in [3.8, 4) is 0 Å². The first kappa shape index (κ1) is 13.7. The van der Waals surface area contributed by atoms with Gasteiger partial charge < -0.3 is 5.32 Å². The van der Waals surface area contributed by atoms with Gasteiger partial charge in [-0.25, -0.2) is 4.98 Å². The standard InChI is InChI=1S/C12H20N2S2/c1-4-6-15-7-5-13-8-11-9-16-12(14-11)10(2)3/h4,9-10,13H,1,5-8H2,2-3H3. The second-order valence-corrected chi connectivity index (χ2v) is 5.91. The average Bonchev–Trinajstić information content (AvgIpc) is 2.72. The molecule has 0 unspecified atom stereocenters. The van der Waals surface area contributed by atoms with Gasteiger partial charge in [0, 0.05) is 35.9 Å². The molecule has 0 saturated heterocycles. The Kier molecular flexibility index (Phi) is 6.76. The predicted molar refractivity (Wildman–Crippen MR) is 75.4 cm³/mol. The molecule has 1 N–H and O–H groups in total. The van der Waals surface area contributed by atoms with Crippen molar-refractivity contribution in [1.29, 1.82) is 0 Å². The highest BCUT2D eigenvalue weighted by atomic mass is 32.2. The lowest BCUT2D eigenvalue weighted by Gasteiger charge is -2.01. The molecule has 90 valence electrons. The molecule has 0 atom stereocenters. The van der Waals surface area contributed by atoms with Crippen molar-refractivity contribution in [2.24, 2.45) is 0 Å². The van der Waals surface area contributed by atoms with Crippen LogP contribution in [0, 0.1) is 0 Å². The Bertz CT molecular complexity index is 308. The van der Waals surface area contributed by atoms with Gasteiger partial charge in [0.05, 0.1) is 10.7 Å². The molecule has 0 aliphatic rings. The number of thiazole rings is 1. The zero-order chi connectivity index (χ0) is 11.8. The minimum absolute atomic E-state index is 0.543. The molecule has 1 rings (SSSR count). The Labute approximate surface area is 107 Å². The van der Waals surface area contributed by atoms with Crippen molar-refractivity contribution < 1.29 is 0 Å². The lowest BCUT2D eigenvalue weighted by molar-refractivity contribution is 0.712. The first-order valence-electron chi connectivity index (χ1n) is 5.57. The molecule has 1 aromatic rings. The van der Waals surface area contributed by atoms with Gasteiger partial charge in [-0.1, -0.05) is 19.9 Å².